The number of amides is 3. The lowest BCUT2D eigenvalue weighted by Crippen LogP contribution is -2.41. The highest BCUT2D eigenvalue weighted by atomic mass is 32.1. The lowest BCUT2D eigenvalue weighted by atomic mass is 10.1. The Bertz CT molecular complexity index is 1260. The molecule has 2 bridgehead atoms. The molecule has 0 unspecified atom stereocenters. The molecule has 200 valence electrons. The van der Waals surface area contributed by atoms with Gasteiger partial charge in [0.2, 0.25) is 5.91 Å². The first-order valence-corrected chi connectivity index (χ1v) is 12.3. The van der Waals surface area contributed by atoms with Crippen LogP contribution < -0.4 is 16.0 Å². The minimum absolute atomic E-state index is 0.0570. The van der Waals surface area contributed by atoms with Gasteiger partial charge in [0.05, 0.1) is 18.7 Å². The highest BCUT2D eigenvalue weighted by molar-refractivity contribution is 7.80. The van der Waals surface area contributed by atoms with Crippen LogP contribution in [0.5, 0.6) is 5.75 Å². The molecule has 0 fully saturated rings. The normalized spacial score (nSPS) is 20.6. The van der Waals surface area contributed by atoms with Crippen molar-refractivity contribution in [1.29, 1.82) is 0 Å². The number of halogens is 1. The van der Waals surface area contributed by atoms with Crippen molar-refractivity contribution in [3.05, 3.63) is 83.1 Å². The molecular formula is C26H27FN4O6S. The van der Waals surface area contributed by atoms with Gasteiger partial charge < -0.3 is 25.8 Å². The standard InChI is InChI=1S/C26H27FN4O6S/c1-2-19-24(34)31-23(15-6-8-16(32)9-7-15)26(36)37-17(5-3-4-12-38)13-22(33)28-14-21-18(27)10-11-20(29-21)25(35)30-19/h2-3,5-11,17,23,32,38H,4,12-14H2,1H3,(H,28,33)(H,30,35)(H,31,34)/b5-3+,19-2-/t17-,23+/m1/s1. The first kappa shape index (κ1) is 28.4. The van der Waals surface area contributed by atoms with Gasteiger partial charge in [0, 0.05) is 0 Å². The summed E-state index contributed by atoms with van der Waals surface area (Å²) in [4.78, 5) is 55.7. The van der Waals surface area contributed by atoms with Gasteiger partial charge in [-0.05, 0) is 55.0 Å². The van der Waals surface area contributed by atoms with Crippen LogP contribution >= 0.6 is 12.6 Å². The van der Waals surface area contributed by atoms with Crippen LogP contribution in [0, 0.1) is 5.82 Å². The second-order valence-electron chi connectivity index (χ2n) is 8.18. The van der Waals surface area contributed by atoms with Gasteiger partial charge in [-0.15, -0.1) is 0 Å². The Balaban J connectivity index is 2.02. The molecule has 0 saturated heterocycles. The van der Waals surface area contributed by atoms with Gasteiger partial charge in [0.25, 0.3) is 11.8 Å². The highest BCUT2D eigenvalue weighted by Gasteiger charge is 2.29. The monoisotopic (exact) mass is 542 g/mol. The predicted molar refractivity (Wildman–Crippen MR) is 138 cm³/mol. The second-order valence-corrected chi connectivity index (χ2v) is 8.62. The number of thiol groups is 1. The zero-order valence-electron chi connectivity index (χ0n) is 20.4. The summed E-state index contributed by atoms with van der Waals surface area (Å²) in [7, 11) is 0. The number of phenolic OH excluding ortho intramolecular Hbond substituents is 1. The summed E-state index contributed by atoms with van der Waals surface area (Å²) in [5.41, 5.74) is -0.269. The average Bonchev–Trinajstić information content (AvgIpc) is 2.89. The average molecular weight is 543 g/mol. The number of hydrogen-bond donors (Lipinski definition) is 5. The van der Waals surface area contributed by atoms with Crippen molar-refractivity contribution in [2.75, 3.05) is 5.75 Å². The summed E-state index contributed by atoms with van der Waals surface area (Å²) < 4.78 is 19.9. The van der Waals surface area contributed by atoms with Crippen molar-refractivity contribution in [2.24, 2.45) is 0 Å². The minimum Gasteiger partial charge on any atom is -0.508 e. The van der Waals surface area contributed by atoms with E-state index in [2.05, 4.69) is 33.6 Å². The third-order valence-corrected chi connectivity index (χ3v) is 5.68. The van der Waals surface area contributed by atoms with Gasteiger partial charge in [-0.2, -0.15) is 12.6 Å². The molecule has 10 nitrogen and oxygen atoms in total. The van der Waals surface area contributed by atoms with E-state index in [1.807, 2.05) is 0 Å². The maximum atomic E-state index is 14.3. The van der Waals surface area contributed by atoms with Crippen LogP contribution in [0.4, 0.5) is 4.39 Å². The molecule has 4 N–H and O–H groups in total. The largest absolute Gasteiger partial charge is 0.508 e. The van der Waals surface area contributed by atoms with Gasteiger partial charge in [0.1, 0.15) is 29.1 Å². The summed E-state index contributed by atoms with van der Waals surface area (Å²) >= 11 is 4.14. The Morgan fingerprint density at radius 3 is 2.55 bits per heavy atom. The number of rotatable bonds is 4. The van der Waals surface area contributed by atoms with E-state index in [0.717, 1.165) is 12.1 Å². The molecule has 0 saturated carbocycles. The van der Waals surface area contributed by atoms with Crippen LogP contribution in [0.2, 0.25) is 0 Å². The van der Waals surface area contributed by atoms with E-state index in [0.29, 0.717) is 12.2 Å². The molecular weight excluding hydrogens is 515 g/mol. The van der Waals surface area contributed by atoms with Gasteiger partial charge in [-0.1, -0.05) is 24.3 Å². The van der Waals surface area contributed by atoms with E-state index in [1.54, 1.807) is 6.08 Å². The number of nitrogens with one attached hydrogen (secondary N) is 3. The van der Waals surface area contributed by atoms with Crippen molar-refractivity contribution in [3.8, 4) is 5.75 Å². The quantitative estimate of drug-likeness (QED) is 0.172. The Hall–Kier alpha value is -4.19. The fourth-order valence-electron chi connectivity index (χ4n) is 3.46. The summed E-state index contributed by atoms with van der Waals surface area (Å²) in [5, 5.41) is 17.1. The van der Waals surface area contributed by atoms with Gasteiger partial charge in [-0.25, -0.2) is 14.2 Å². The summed E-state index contributed by atoms with van der Waals surface area (Å²) in [6.45, 7) is 1.18. The van der Waals surface area contributed by atoms with Crippen molar-refractivity contribution in [1.82, 2.24) is 20.9 Å². The molecule has 1 aromatic heterocycles. The molecule has 0 radical (unpaired) electrons. The first-order valence-electron chi connectivity index (χ1n) is 11.7. The molecule has 3 amide bonds. The number of fused-ring (bicyclic) bond motifs is 2. The molecule has 3 rings (SSSR count). The number of hydrogen-bond acceptors (Lipinski definition) is 8. The molecule has 2 aromatic rings. The summed E-state index contributed by atoms with van der Waals surface area (Å²) in [5.74, 6) is -3.34. The molecule has 12 heteroatoms. The van der Waals surface area contributed by atoms with E-state index in [-0.39, 0.29) is 41.4 Å². The molecule has 0 spiro atoms. The molecule has 38 heavy (non-hydrogen) atoms. The Morgan fingerprint density at radius 1 is 1.13 bits per heavy atom. The highest BCUT2D eigenvalue weighted by Crippen LogP contribution is 2.21. The smallest absolute Gasteiger partial charge is 0.333 e. The first-order chi connectivity index (χ1) is 18.2. The SMILES string of the molecule is C/C=C1\NC(=O)c2ccc(F)c(n2)CNC(=O)C[C@@H](/C=C/CCS)OC(=O)[C@H](c2ccc(O)cc2)NC1=O. The lowest BCUT2D eigenvalue weighted by Gasteiger charge is -2.22. The number of aromatic nitrogens is 1. The number of carbonyl (C=O) groups excluding carboxylic acids is 4. The maximum Gasteiger partial charge on any atom is 0.333 e. The fourth-order valence-corrected chi connectivity index (χ4v) is 3.61. The van der Waals surface area contributed by atoms with Crippen molar-refractivity contribution >= 4 is 36.3 Å². The van der Waals surface area contributed by atoms with E-state index in [4.69, 9.17) is 4.74 Å². The zero-order chi connectivity index (χ0) is 27.7. The Labute approximate surface area is 223 Å². The molecule has 2 heterocycles. The molecule has 1 aromatic carbocycles. The minimum atomic E-state index is -1.35. The number of cyclic esters (lactones) is 1. The third-order valence-electron chi connectivity index (χ3n) is 5.42. The number of esters is 1. The molecule has 1 aliphatic rings. The predicted octanol–water partition coefficient (Wildman–Crippen LogP) is 2.23. The van der Waals surface area contributed by atoms with Crippen LogP contribution in [0.15, 0.2) is 60.3 Å². The van der Waals surface area contributed by atoms with Crippen molar-refractivity contribution in [3.63, 3.8) is 0 Å². The van der Waals surface area contributed by atoms with E-state index in [1.165, 1.54) is 43.3 Å². The zero-order valence-corrected chi connectivity index (χ0v) is 21.3. The van der Waals surface area contributed by atoms with Gasteiger partial charge in [0.15, 0.2) is 6.04 Å². The van der Waals surface area contributed by atoms with Gasteiger partial charge >= 0.3 is 5.97 Å². The summed E-state index contributed by atoms with van der Waals surface area (Å²) in [6.07, 6.45) is 3.78. The number of allylic oxidation sites excluding steroid dienone is 2. The number of pyridine rings is 1. The fraction of sp³-hybridized carbons (Fsp3) is 0.269. The molecule has 2 atom stereocenters. The number of nitrogens with zero attached hydrogens (tertiary/aromatic N) is 1. The lowest BCUT2D eigenvalue weighted by molar-refractivity contribution is -0.152. The Morgan fingerprint density at radius 2 is 1.87 bits per heavy atom. The van der Waals surface area contributed by atoms with E-state index < -0.39 is 41.7 Å². The van der Waals surface area contributed by atoms with Crippen molar-refractivity contribution < 1.29 is 33.4 Å². The second kappa shape index (κ2) is 13.4. The number of aromatic hydroxyl groups is 1. The van der Waals surface area contributed by atoms with Crippen molar-refractivity contribution in [2.45, 2.75) is 38.5 Å². The summed E-state index contributed by atoms with van der Waals surface area (Å²) in [6, 6.07) is 6.36. The number of benzene rings is 1. The van der Waals surface area contributed by atoms with Crippen LogP contribution in [0.25, 0.3) is 0 Å². The van der Waals surface area contributed by atoms with E-state index in [9.17, 15) is 28.7 Å². The van der Waals surface area contributed by atoms with E-state index >= 15 is 0 Å². The van der Waals surface area contributed by atoms with Crippen LogP contribution in [-0.2, 0) is 25.7 Å². The molecule has 0 aliphatic carbocycles. The van der Waals surface area contributed by atoms with Crippen LogP contribution in [0.3, 0.4) is 0 Å². The van der Waals surface area contributed by atoms with Crippen LogP contribution in [-0.4, -0.2) is 45.6 Å². The third kappa shape index (κ3) is 7.65. The number of phenols is 1. The van der Waals surface area contributed by atoms with Crippen LogP contribution in [0.1, 0.15) is 47.6 Å². The Kier molecular flexibility index (Phi) is 9.99. The molecule has 1 aliphatic heterocycles. The van der Waals surface area contributed by atoms with Gasteiger partial charge in [-0.3, -0.25) is 14.4 Å². The number of ether oxygens (including phenoxy) is 1. The topological polar surface area (TPSA) is 147 Å². The maximum absolute atomic E-state index is 14.3. The number of carbonyl (C=O) groups is 4.